The summed E-state index contributed by atoms with van der Waals surface area (Å²) in [6.45, 7) is 6.06. The molecule has 0 aliphatic carbocycles. The van der Waals surface area contributed by atoms with Gasteiger partial charge >= 0.3 is 0 Å². The van der Waals surface area contributed by atoms with Crippen LogP contribution in [0.3, 0.4) is 0 Å². The molecule has 0 saturated carbocycles. The van der Waals surface area contributed by atoms with Crippen LogP contribution in [0, 0.1) is 0 Å². The SMILES string of the molecule is CC1=C(C(=O)Nc2ccccc2)C(c2ccc(C(C)C)cc2)n2c(s/c(=C\c3ccc(-c4ccc(Cl)c(Cl)c4)o3)c2=O)=N1. The van der Waals surface area contributed by atoms with Crippen molar-refractivity contribution in [1.29, 1.82) is 0 Å². The normalized spacial score (nSPS) is 15.0. The number of anilines is 1. The van der Waals surface area contributed by atoms with Crippen molar-refractivity contribution in [2.75, 3.05) is 5.32 Å². The Morgan fingerprint density at radius 2 is 1.74 bits per heavy atom. The topological polar surface area (TPSA) is 76.6 Å². The molecule has 6 nitrogen and oxygen atoms in total. The quantitative estimate of drug-likeness (QED) is 0.211. The van der Waals surface area contributed by atoms with E-state index in [9.17, 15) is 9.59 Å². The van der Waals surface area contributed by atoms with Crippen molar-refractivity contribution in [3.05, 3.63) is 143 Å². The molecule has 0 saturated heterocycles. The molecule has 3 heterocycles. The number of hydrogen-bond acceptors (Lipinski definition) is 5. The predicted octanol–water partition coefficient (Wildman–Crippen LogP) is 7.56. The average Bonchev–Trinajstić information content (AvgIpc) is 3.58. The van der Waals surface area contributed by atoms with E-state index in [1.807, 2.05) is 73.7 Å². The van der Waals surface area contributed by atoms with Crippen LogP contribution in [0.2, 0.25) is 10.0 Å². The molecule has 0 bridgehead atoms. The second-order valence-corrected chi connectivity index (χ2v) is 12.4. The minimum absolute atomic E-state index is 0.258. The van der Waals surface area contributed by atoms with Gasteiger partial charge in [-0.05, 0) is 66.4 Å². The number of halogens is 2. The molecule has 1 aliphatic heterocycles. The number of thiazole rings is 1. The van der Waals surface area contributed by atoms with Gasteiger partial charge in [0.15, 0.2) is 4.80 Å². The van der Waals surface area contributed by atoms with Crippen molar-refractivity contribution in [3.8, 4) is 11.3 Å². The summed E-state index contributed by atoms with van der Waals surface area (Å²) in [7, 11) is 0. The van der Waals surface area contributed by atoms with Gasteiger partial charge in [0.25, 0.3) is 11.5 Å². The Balaban J connectivity index is 1.45. The predicted molar refractivity (Wildman–Crippen MR) is 174 cm³/mol. The number of benzene rings is 3. The molecule has 43 heavy (non-hydrogen) atoms. The summed E-state index contributed by atoms with van der Waals surface area (Å²) in [4.78, 5) is 33.0. The summed E-state index contributed by atoms with van der Waals surface area (Å²) in [6.07, 6.45) is 1.70. The average molecular weight is 629 g/mol. The van der Waals surface area contributed by atoms with Gasteiger partial charge in [0, 0.05) is 17.3 Å². The van der Waals surface area contributed by atoms with E-state index in [-0.39, 0.29) is 11.5 Å². The monoisotopic (exact) mass is 627 g/mol. The van der Waals surface area contributed by atoms with Crippen molar-refractivity contribution in [2.45, 2.75) is 32.7 Å². The molecule has 1 aliphatic rings. The fraction of sp³-hybridized carbons (Fsp3) is 0.147. The standard InChI is InChI=1S/C34H27Cl2N3O3S/c1-19(2)21-9-11-22(12-10-21)31-30(32(40)38-24-7-5-4-6-8-24)20(3)37-34-39(31)33(41)29(43-34)18-25-14-16-28(42-25)23-13-15-26(35)27(36)17-23/h4-19,31H,1-3H3,(H,38,40)/b29-18-. The van der Waals surface area contributed by atoms with E-state index in [1.165, 1.54) is 16.9 Å². The Morgan fingerprint density at radius 3 is 2.44 bits per heavy atom. The number of carbonyl (C=O) groups is 1. The van der Waals surface area contributed by atoms with Gasteiger partial charge < -0.3 is 9.73 Å². The van der Waals surface area contributed by atoms with Gasteiger partial charge in [-0.2, -0.15) is 0 Å². The van der Waals surface area contributed by atoms with Crippen LogP contribution in [0.25, 0.3) is 17.4 Å². The Kier molecular flexibility index (Phi) is 7.97. The number of nitrogens with one attached hydrogen (secondary N) is 1. The Bertz CT molecular complexity index is 2060. The van der Waals surface area contributed by atoms with E-state index < -0.39 is 6.04 Å². The summed E-state index contributed by atoms with van der Waals surface area (Å²) in [6, 6.07) is 25.5. The van der Waals surface area contributed by atoms with Crippen LogP contribution in [0.1, 0.15) is 49.6 Å². The smallest absolute Gasteiger partial charge is 0.271 e. The van der Waals surface area contributed by atoms with Crippen molar-refractivity contribution in [1.82, 2.24) is 4.57 Å². The highest BCUT2D eigenvalue weighted by Gasteiger charge is 2.32. The third-order valence-corrected chi connectivity index (χ3v) is 9.04. The molecule has 1 unspecified atom stereocenters. The summed E-state index contributed by atoms with van der Waals surface area (Å²) >= 11 is 13.5. The van der Waals surface area contributed by atoms with Gasteiger partial charge in [-0.3, -0.25) is 14.2 Å². The molecule has 6 rings (SSSR count). The fourth-order valence-electron chi connectivity index (χ4n) is 5.07. The molecular weight excluding hydrogens is 601 g/mol. The number of fused-ring (bicyclic) bond motifs is 1. The number of para-hydroxylation sites is 1. The van der Waals surface area contributed by atoms with Gasteiger partial charge in [-0.1, -0.05) is 90.9 Å². The van der Waals surface area contributed by atoms with Gasteiger partial charge in [0.05, 0.1) is 31.9 Å². The molecule has 1 N–H and O–H groups in total. The van der Waals surface area contributed by atoms with E-state index in [0.717, 1.165) is 11.1 Å². The number of allylic oxidation sites excluding steroid dienone is 1. The summed E-state index contributed by atoms with van der Waals surface area (Å²) in [5.74, 6) is 1.13. The molecule has 9 heteroatoms. The van der Waals surface area contributed by atoms with Crippen LogP contribution in [0.4, 0.5) is 5.69 Å². The third-order valence-electron chi connectivity index (χ3n) is 7.32. The molecule has 0 radical (unpaired) electrons. The third kappa shape index (κ3) is 5.76. The number of rotatable bonds is 6. The van der Waals surface area contributed by atoms with E-state index in [4.69, 9.17) is 32.6 Å². The second-order valence-electron chi connectivity index (χ2n) is 10.6. The Morgan fingerprint density at radius 1 is 1.00 bits per heavy atom. The summed E-state index contributed by atoms with van der Waals surface area (Å²) in [5.41, 5.74) is 4.14. The zero-order chi connectivity index (χ0) is 30.2. The largest absolute Gasteiger partial charge is 0.457 e. The molecule has 3 aromatic carbocycles. The number of hydrogen-bond donors (Lipinski definition) is 1. The maximum absolute atomic E-state index is 14.0. The lowest BCUT2D eigenvalue weighted by Gasteiger charge is -2.25. The number of nitrogens with zero attached hydrogens (tertiary/aromatic N) is 2. The van der Waals surface area contributed by atoms with Gasteiger partial charge in [-0.25, -0.2) is 4.99 Å². The van der Waals surface area contributed by atoms with Crippen LogP contribution >= 0.6 is 34.5 Å². The lowest BCUT2D eigenvalue weighted by molar-refractivity contribution is -0.113. The first-order chi connectivity index (χ1) is 20.7. The van der Waals surface area contributed by atoms with Crippen LogP contribution in [-0.2, 0) is 4.79 Å². The van der Waals surface area contributed by atoms with Crippen LogP contribution in [0.5, 0.6) is 0 Å². The molecular formula is C34H27Cl2N3O3S. The number of carbonyl (C=O) groups excluding carboxylic acids is 1. The van der Waals surface area contributed by atoms with E-state index in [2.05, 4.69) is 19.2 Å². The molecule has 1 atom stereocenters. The van der Waals surface area contributed by atoms with E-state index in [1.54, 1.807) is 28.8 Å². The molecule has 1 amide bonds. The maximum Gasteiger partial charge on any atom is 0.271 e. The maximum atomic E-state index is 14.0. The molecule has 2 aromatic heterocycles. The van der Waals surface area contributed by atoms with Crippen molar-refractivity contribution < 1.29 is 9.21 Å². The summed E-state index contributed by atoms with van der Waals surface area (Å²) in [5, 5.41) is 3.87. The minimum atomic E-state index is -0.660. The molecule has 0 spiro atoms. The summed E-state index contributed by atoms with van der Waals surface area (Å²) < 4.78 is 8.09. The fourth-order valence-corrected chi connectivity index (χ4v) is 6.40. The first-order valence-electron chi connectivity index (χ1n) is 13.7. The number of amides is 1. The van der Waals surface area contributed by atoms with E-state index >= 15 is 0 Å². The highest BCUT2D eigenvalue weighted by atomic mass is 35.5. The second kappa shape index (κ2) is 11.8. The van der Waals surface area contributed by atoms with Gasteiger partial charge in [-0.15, -0.1) is 0 Å². The highest BCUT2D eigenvalue weighted by Crippen LogP contribution is 2.32. The van der Waals surface area contributed by atoms with Crippen molar-refractivity contribution in [3.63, 3.8) is 0 Å². The van der Waals surface area contributed by atoms with E-state index in [0.29, 0.717) is 53.8 Å². The van der Waals surface area contributed by atoms with Crippen molar-refractivity contribution in [2.24, 2.45) is 4.99 Å². The zero-order valence-corrected chi connectivity index (χ0v) is 25.9. The molecule has 5 aromatic rings. The highest BCUT2D eigenvalue weighted by molar-refractivity contribution is 7.07. The van der Waals surface area contributed by atoms with Crippen LogP contribution < -0.4 is 20.2 Å². The lowest BCUT2D eigenvalue weighted by atomic mass is 9.93. The lowest BCUT2D eigenvalue weighted by Crippen LogP contribution is -2.40. The zero-order valence-electron chi connectivity index (χ0n) is 23.6. The van der Waals surface area contributed by atoms with Crippen LogP contribution in [-0.4, -0.2) is 10.5 Å². The Hall–Kier alpha value is -4.17. The first kappa shape index (κ1) is 28.9. The molecule has 0 fully saturated rings. The number of aromatic nitrogens is 1. The van der Waals surface area contributed by atoms with Gasteiger partial charge in [0.2, 0.25) is 0 Å². The molecule has 216 valence electrons. The van der Waals surface area contributed by atoms with Crippen molar-refractivity contribution >= 4 is 52.2 Å². The van der Waals surface area contributed by atoms with Crippen LogP contribution in [0.15, 0.2) is 110 Å². The minimum Gasteiger partial charge on any atom is -0.457 e. The Labute approximate surface area is 262 Å². The number of furan rings is 1. The first-order valence-corrected chi connectivity index (χ1v) is 15.3. The van der Waals surface area contributed by atoms with Gasteiger partial charge in [0.1, 0.15) is 11.5 Å².